The Morgan fingerprint density at radius 3 is 2.08 bits per heavy atom. The summed E-state index contributed by atoms with van der Waals surface area (Å²) < 4.78 is 1.90. The third-order valence-corrected chi connectivity index (χ3v) is 2.71. The highest BCUT2D eigenvalue weighted by molar-refractivity contribution is 9.11. The molecule has 1 aromatic rings. The van der Waals surface area contributed by atoms with E-state index in [9.17, 15) is 5.11 Å². The highest BCUT2D eigenvalue weighted by Crippen LogP contribution is 2.24. The van der Waals surface area contributed by atoms with Crippen LogP contribution in [0.25, 0.3) is 0 Å². The van der Waals surface area contributed by atoms with Crippen molar-refractivity contribution >= 4 is 31.9 Å². The Labute approximate surface area is 94.4 Å². The number of hydrogen-bond acceptors (Lipinski definition) is 2. The second-order valence-corrected chi connectivity index (χ2v) is 4.80. The summed E-state index contributed by atoms with van der Waals surface area (Å²) in [6.45, 7) is 1.68. The first kappa shape index (κ1) is 11.2. The van der Waals surface area contributed by atoms with Crippen molar-refractivity contribution in [1.29, 1.82) is 0 Å². The van der Waals surface area contributed by atoms with Crippen LogP contribution in [0.1, 0.15) is 18.5 Å². The largest absolute Gasteiger partial charge is 0.391 e. The molecule has 0 aliphatic carbocycles. The van der Waals surface area contributed by atoms with Crippen molar-refractivity contribution < 1.29 is 5.11 Å². The number of benzene rings is 1. The maximum Gasteiger partial charge on any atom is 0.0704 e. The Morgan fingerprint density at radius 1 is 1.23 bits per heavy atom. The molecule has 2 nitrogen and oxygen atoms in total. The van der Waals surface area contributed by atoms with Gasteiger partial charge in [0.1, 0.15) is 0 Å². The molecule has 72 valence electrons. The van der Waals surface area contributed by atoms with Crippen molar-refractivity contribution in [2.45, 2.75) is 19.1 Å². The van der Waals surface area contributed by atoms with E-state index < -0.39 is 6.10 Å². The summed E-state index contributed by atoms with van der Waals surface area (Å²) >= 11 is 6.73. The molecule has 0 aliphatic rings. The smallest absolute Gasteiger partial charge is 0.0704 e. The number of halogens is 2. The lowest BCUT2D eigenvalue weighted by molar-refractivity contribution is 0.164. The first-order valence-corrected chi connectivity index (χ1v) is 5.49. The van der Waals surface area contributed by atoms with E-state index in [1.807, 2.05) is 18.2 Å². The van der Waals surface area contributed by atoms with E-state index in [2.05, 4.69) is 31.9 Å². The molecule has 2 atom stereocenters. The van der Waals surface area contributed by atoms with Crippen molar-refractivity contribution in [2.75, 3.05) is 0 Å². The second-order valence-electron chi connectivity index (χ2n) is 2.97. The molecule has 13 heavy (non-hydrogen) atoms. The molecule has 4 heteroatoms. The monoisotopic (exact) mass is 307 g/mol. The van der Waals surface area contributed by atoms with E-state index in [4.69, 9.17) is 5.73 Å². The normalized spacial score (nSPS) is 15.5. The molecule has 0 heterocycles. The van der Waals surface area contributed by atoms with E-state index in [0.717, 1.165) is 14.5 Å². The number of nitrogens with two attached hydrogens (primary N) is 1. The predicted octanol–water partition coefficient (Wildman–Crippen LogP) is 2.59. The zero-order chi connectivity index (χ0) is 10.0. The zero-order valence-electron chi connectivity index (χ0n) is 7.17. The van der Waals surface area contributed by atoms with Crippen molar-refractivity contribution in [1.82, 2.24) is 0 Å². The molecule has 0 saturated heterocycles. The Balaban J connectivity index is 3.01. The molecule has 1 aromatic carbocycles. The molecular formula is C9H11Br2NO. The zero-order valence-corrected chi connectivity index (χ0v) is 10.3. The molecule has 0 fully saturated rings. The van der Waals surface area contributed by atoms with Crippen LogP contribution in [0.15, 0.2) is 27.1 Å². The van der Waals surface area contributed by atoms with Crippen molar-refractivity contribution in [2.24, 2.45) is 5.73 Å². The quantitative estimate of drug-likeness (QED) is 0.882. The van der Waals surface area contributed by atoms with E-state index >= 15 is 0 Å². The van der Waals surface area contributed by atoms with E-state index in [0.29, 0.717) is 0 Å². The van der Waals surface area contributed by atoms with Crippen LogP contribution in [0.3, 0.4) is 0 Å². The van der Waals surface area contributed by atoms with Gasteiger partial charge in [-0.25, -0.2) is 0 Å². The van der Waals surface area contributed by atoms with Gasteiger partial charge in [0.25, 0.3) is 0 Å². The molecule has 1 rings (SSSR count). The maximum absolute atomic E-state index is 9.30. The minimum absolute atomic E-state index is 0.339. The van der Waals surface area contributed by atoms with Gasteiger partial charge in [-0.3, -0.25) is 0 Å². The lowest BCUT2D eigenvalue weighted by Crippen LogP contribution is -2.23. The molecule has 0 spiro atoms. The lowest BCUT2D eigenvalue weighted by atomic mass is 10.0. The third-order valence-electron chi connectivity index (χ3n) is 1.79. The fraction of sp³-hybridized carbons (Fsp3) is 0.333. The van der Waals surface area contributed by atoms with Gasteiger partial charge in [0.05, 0.1) is 12.1 Å². The van der Waals surface area contributed by atoms with Crippen LogP contribution in [0.4, 0.5) is 0 Å². The van der Waals surface area contributed by atoms with Gasteiger partial charge in [-0.15, -0.1) is 0 Å². The predicted molar refractivity (Wildman–Crippen MR) is 60.5 cm³/mol. The molecule has 0 unspecified atom stereocenters. The summed E-state index contributed by atoms with van der Waals surface area (Å²) in [4.78, 5) is 0. The Hall–Kier alpha value is 0.1000. The van der Waals surface area contributed by atoms with E-state index in [1.54, 1.807) is 6.92 Å². The van der Waals surface area contributed by atoms with Gasteiger partial charge >= 0.3 is 0 Å². The average molecular weight is 309 g/mol. The van der Waals surface area contributed by atoms with Crippen LogP contribution in [0.5, 0.6) is 0 Å². The highest BCUT2D eigenvalue weighted by atomic mass is 79.9. The van der Waals surface area contributed by atoms with Crippen LogP contribution in [0, 0.1) is 0 Å². The SMILES string of the molecule is C[C@@H](O)[C@H](N)c1cc(Br)cc(Br)c1. The Morgan fingerprint density at radius 2 is 1.69 bits per heavy atom. The number of rotatable bonds is 2. The van der Waals surface area contributed by atoms with Crippen LogP contribution in [-0.4, -0.2) is 11.2 Å². The van der Waals surface area contributed by atoms with E-state index in [-0.39, 0.29) is 6.04 Å². The molecule has 0 aromatic heterocycles. The lowest BCUT2D eigenvalue weighted by Gasteiger charge is -2.15. The standard InChI is InChI=1S/C9H11Br2NO/c1-5(13)9(12)6-2-7(10)4-8(11)3-6/h2-5,9,13H,12H2,1H3/t5-,9+/m1/s1. The van der Waals surface area contributed by atoms with Gasteiger partial charge < -0.3 is 10.8 Å². The number of hydrogen-bond donors (Lipinski definition) is 2. The molecule has 0 radical (unpaired) electrons. The van der Waals surface area contributed by atoms with Gasteiger partial charge in [0.15, 0.2) is 0 Å². The van der Waals surface area contributed by atoms with Gasteiger partial charge in [-0.05, 0) is 30.7 Å². The first-order chi connectivity index (χ1) is 6.00. The number of aliphatic hydroxyl groups excluding tert-OH is 1. The summed E-state index contributed by atoms with van der Waals surface area (Å²) in [5, 5.41) is 9.30. The summed E-state index contributed by atoms with van der Waals surface area (Å²) in [5.41, 5.74) is 6.70. The second kappa shape index (κ2) is 4.55. The fourth-order valence-electron chi connectivity index (χ4n) is 1.05. The van der Waals surface area contributed by atoms with Gasteiger partial charge in [-0.1, -0.05) is 31.9 Å². The van der Waals surface area contributed by atoms with Crippen LogP contribution in [-0.2, 0) is 0 Å². The van der Waals surface area contributed by atoms with Crippen LogP contribution >= 0.6 is 31.9 Å². The molecular weight excluding hydrogens is 298 g/mol. The number of aliphatic hydroxyl groups is 1. The maximum atomic E-state index is 9.30. The summed E-state index contributed by atoms with van der Waals surface area (Å²) in [6.07, 6.45) is -0.541. The van der Waals surface area contributed by atoms with Crippen molar-refractivity contribution in [3.63, 3.8) is 0 Å². The fourth-order valence-corrected chi connectivity index (χ4v) is 2.38. The molecule has 0 aliphatic heterocycles. The first-order valence-electron chi connectivity index (χ1n) is 3.90. The summed E-state index contributed by atoms with van der Waals surface area (Å²) in [5.74, 6) is 0. The van der Waals surface area contributed by atoms with Gasteiger partial charge in [-0.2, -0.15) is 0 Å². The van der Waals surface area contributed by atoms with Crippen LogP contribution < -0.4 is 5.73 Å². The van der Waals surface area contributed by atoms with Gasteiger partial charge in [0.2, 0.25) is 0 Å². The van der Waals surface area contributed by atoms with Crippen molar-refractivity contribution in [3.8, 4) is 0 Å². The minimum Gasteiger partial charge on any atom is -0.391 e. The third kappa shape index (κ3) is 3.06. The molecule has 0 saturated carbocycles. The molecule has 3 N–H and O–H groups in total. The molecule has 0 bridgehead atoms. The Bertz CT molecular complexity index is 281. The average Bonchev–Trinajstić information content (AvgIpc) is 2.01. The highest BCUT2D eigenvalue weighted by Gasteiger charge is 2.12. The minimum atomic E-state index is -0.541. The Kier molecular flexibility index (Phi) is 3.91. The molecule has 0 amide bonds. The summed E-state index contributed by atoms with van der Waals surface area (Å²) in [7, 11) is 0. The summed E-state index contributed by atoms with van der Waals surface area (Å²) in [6, 6.07) is 5.40. The van der Waals surface area contributed by atoms with E-state index in [1.165, 1.54) is 0 Å². The van der Waals surface area contributed by atoms with Crippen LogP contribution in [0.2, 0.25) is 0 Å². The topological polar surface area (TPSA) is 46.2 Å². The van der Waals surface area contributed by atoms with Gasteiger partial charge in [0, 0.05) is 8.95 Å². The van der Waals surface area contributed by atoms with Crippen molar-refractivity contribution in [3.05, 3.63) is 32.7 Å².